The number of ether oxygens (including phenoxy) is 1. The zero-order valence-corrected chi connectivity index (χ0v) is 15.4. The smallest absolute Gasteiger partial charge is 0.269 e. The van der Waals surface area contributed by atoms with Gasteiger partial charge in [0, 0.05) is 23.2 Å². The van der Waals surface area contributed by atoms with Gasteiger partial charge in [-0.1, -0.05) is 11.6 Å². The van der Waals surface area contributed by atoms with Crippen molar-refractivity contribution in [3.8, 4) is 11.5 Å². The number of halogens is 2. The molecule has 0 aliphatic heterocycles. The summed E-state index contributed by atoms with van der Waals surface area (Å²) < 4.78 is 19.2. The fourth-order valence-electron chi connectivity index (χ4n) is 2.68. The summed E-state index contributed by atoms with van der Waals surface area (Å²) in [5.41, 5.74) is 1.22. The highest BCUT2D eigenvalue weighted by molar-refractivity contribution is 6.31. The zero-order valence-electron chi connectivity index (χ0n) is 14.7. The number of nitro groups is 1. The number of hydrogen-bond donors (Lipinski definition) is 1. The van der Waals surface area contributed by atoms with Crippen LogP contribution >= 0.6 is 11.6 Å². The van der Waals surface area contributed by atoms with Gasteiger partial charge in [-0.25, -0.2) is 14.4 Å². The Morgan fingerprint density at radius 1 is 1.00 bits per heavy atom. The van der Waals surface area contributed by atoms with Crippen LogP contribution in [-0.2, 0) is 0 Å². The second-order valence-corrected chi connectivity index (χ2v) is 6.42. The fraction of sp³-hybridized carbons (Fsp3) is 0. The molecule has 0 bridgehead atoms. The molecule has 4 aromatic rings. The molecule has 0 saturated carbocycles. The number of anilines is 2. The molecular weight excluding hydrogens is 399 g/mol. The average Bonchev–Trinajstić information content (AvgIpc) is 2.71. The van der Waals surface area contributed by atoms with Crippen LogP contribution < -0.4 is 10.1 Å². The van der Waals surface area contributed by atoms with Crippen LogP contribution in [0, 0.1) is 15.9 Å². The first-order valence-corrected chi connectivity index (χ1v) is 8.76. The van der Waals surface area contributed by atoms with Crippen LogP contribution in [0.25, 0.3) is 10.9 Å². The SMILES string of the molecule is O=[N+]([O-])c1ccc(Oc2ccc3ncnc(Nc4ccc(F)c(Cl)c4)c3c2)cc1. The molecular formula is C20H12ClFN4O3. The van der Waals surface area contributed by atoms with E-state index in [4.69, 9.17) is 16.3 Å². The number of benzene rings is 3. The maximum absolute atomic E-state index is 13.4. The van der Waals surface area contributed by atoms with E-state index < -0.39 is 10.7 Å². The van der Waals surface area contributed by atoms with Crippen molar-refractivity contribution in [2.45, 2.75) is 0 Å². The van der Waals surface area contributed by atoms with Crippen LogP contribution in [0.1, 0.15) is 0 Å². The van der Waals surface area contributed by atoms with Gasteiger partial charge in [0.1, 0.15) is 29.5 Å². The van der Waals surface area contributed by atoms with Gasteiger partial charge in [-0.3, -0.25) is 10.1 Å². The largest absolute Gasteiger partial charge is 0.457 e. The van der Waals surface area contributed by atoms with E-state index >= 15 is 0 Å². The highest BCUT2D eigenvalue weighted by Gasteiger charge is 2.09. The van der Waals surface area contributed by atoms with Crippen molar-refractivity contribution >= 4 is 39.7 Å². The van der Waals surface area contributed by atoms with Crippen LogP contribution in [0.5, 0.6) is 11.5 Å². The van der Waals surface area contributed by atoms with E-state index in [0.717, 1.165) is 0 Å². The number of nitrogens with one attached hydrogen (secondary N) is 1. The number of nitrogens with zero attached hydrogens (tertiary/aromatic N) is 3. The number of fused-ring (bicyclic) bond motifs is 1. The highest BCUT2D eigenvalue weighted by Crippen LogP contribution is 2.30. The van der Waals surface area contributed by atoms with Gasteiger partial charge in [0.25, 0.3) is 5.69 Å². The minimum atomic E-state index is -0.511. The summed E-state index contributed by atoms with van der Waals surface area (Å²) >= 11 is 5.83. The van der Waals surface area contributed by atoms with Gasteiger partial charge in [-0.15, -0.1) is 0 Å². The van der Waals surface area contributed by atoms with E-state index in [1.54, 1.807) is 24.3 Å². The molecule has 0 amide bonds. The summed E-state index contributed by atoms with van der Waals surface area (Å²) in [4.78, 5) is 18.8. The number of rotatable bonds is 5. The Kier molecular flexibility index (Phi) is 4.92. The third kappa shape index (κ3) is 4.07. The van der Waals surface area contributed by atoms with Crippen molar-refractivity contribution in [2.24, 2.45) is 0 Å². The lowest BCUT2D eigenvalue weighted by Gasteiger charge is -2.11. The van der Waals surface area contributed by atoms with Gasteiger partial charge in [0.15, 0.2) is 0 Å². The molecule has 29 heavy (non-hydrogen) atoms. The Bertz CT molecular complexity index is 1220. The first-order valence-electron chi connectivity index (χ1n) is 8.39. The lowest BCUT2D eigenvalue weighted by molar-refractivity contribution is -0.384. The summed E-state index contributed by atoms with van der Waals surface area (Å²) in [6.07, 6.45) is 1.41. The number of non-ortho nitro benzene ring substituents is 1. The fourth-order valence-corrected chi connectivity index (χ4v) is 2.86. The molecule has 0 spiro atoms. The monoisotopic (exact) mass is 410 g/mol. The predicted molar refractivity (Wildman–Crippen MR) is 107 cm³/mol. The van der Waals surface area contributed by atoms with E-state index in [2.05, 4.69) is 15.3 Å². The van der Waals surface area contributed by atoms with Crippen LogP contribution in [0.2, 0.25) is 5.02 Å². The quantitative estimate of drug-likeness (QED) is 0.327. The molecule has 0 fully saturated rings. The lowest BCUT2D eigenvalue weighted by Crippen LogP contribution is -1.97. The Morgan fingerprint density at radius 3 is 2.48 bits per heavy atom. The first kappa shape index (κ1) is 18.6. The molecule has 0 unspecified atom stereocenters. The molecule has 0 aliphatic rings. The van der Waals surface area contributed by atoms with E-state index in [9.17, 15) is 14.5 Å². The third-order valence-electron chi connectivity index (χ3n) is 4.07. The van der Waals surface area contributed by atoms with Gasteiger partial charge in [0.05, 0.1) is 15.5 Å². The highest BCUT2D eigenvalue weighted by atomic mass is 35.5. The lowest BCUT2D eigenvalue weighted by atomic mass is 10.2. The van der Waals surface area contributed by atoms with E-state index in [1.807, 2.05) is 0 Å². The van der Waals surface area contributed by atoms with Crippen molar-refractivity contribution in [1.82, 2.24) is 9.97 Å². The van der Waals surface area contributed by atoms with Crippen molar-refractivity contribution < 1.29 is 14.1 Å². The van der Waals surface area contributed by atoms with Crippen molar-refractivity contribution in [3.63, 3.8) is 0 Å². The zero-order chi connectivity index (χ0) is 20.4. The molecule has 3 aromatic carbocycles. The Balaban J connectivity index is 1.64. The summed E-state index contributed by atoms with van der Waals surface area (Å²) in [6, 6.07) is 15.3. The molecule has 0 saturated heterocycles. The number of nitro benzene ring substituents is 1. The molecule has 0 atom stereocenters. The molecule has 0 aliphatic carbocycles. The maximum Gasteiger partial charge on any atom is 0.269 e. The van der Waals surface area contributed by atoms with E-state index in [1.165, 1.54) is 42.7 Å². The van der Waals surface area contributed by atoms with Crippen LogP contribution in [0.3, 0.4) is 0 Å². The third-order valence-corrected chi connectivity index (χ3v) is 4.36. The van der Waals surface area contributed by atoms with Gasteiger partial charge in [-0.05, 0) is 48.5 Å². The van der Waals surface area contributed by atoms with Crippen LogP contribution in [-0.4, -0.2) is 14.9 Å². The Morgan fingerprint density at radius 2 is 1.76 bits per heavy atom. The first-order chi connectivity index (χ1) is 14.0. The van der Waals surface area contributed by atoms with Gasteiger partial charge >= 0.3 is 0 Å². The van der Waals surface area contributed by atoms with Gasteiger partial charge in [0.2, 0.25) is 0 Å². The molecule has 4 rings (SSSR count). The maximum atomic E-state index is 13.4. The van der Waals surface area contributed by atoms with E-state index in [0.29, 0.717) is 33.9 Å². The van der Waals surface area contributed by atoms with Crippen LogP contribution in [0.4, 0.5) is 21.6 Å². The molecule has 1 heterocycles. The van der Waals surface area contributed by atoms with Crippen LogP contribution in [0.15, 0.2) is 67.0 Å². The second kappa shape index (κ2) is 7.69. The van der Waals surface area contributed by atoms with Crippen molar-refractivity contribution in [3.05, 3.63) is 87.9 Å². The minimum absolute atomic E-state index is 0.00412. The standard InChI is InChI=1S/C20H12ClFN4O3/c21-17-9-12(1-7-18(17)22)25-20-16-10-15(6-8-19(16)23-11-24-20)29-14-4-2-13(3-5-14)26(27)28/h1-11H,(H,23,24,25). The summed E-state index contributed by atoms with van der Waals surface area (Å²) in [5, 5.41) is 14.5. The predicted octanol–water partition coefficient (Wildman–Crippen LogP) is 5.87. The van der Waals surface area contributed by atoms with Crippen molar-refractivity contribution in [2.75, 3.05) is 5.32 Å². The second-order valence-electron chi connectivity index (χ2n) is 6.01. The van der Waals surface area contributed by atoms with Gasteiger partial charge in [-0.2, -0.15) is 0 Å². The number of aromatic nitrogens is 2. The molecule has 144 valence electrons. The minimum Gasteiger partial charge on any atom is -0.457 e. The van der Waals surface area contributed by atoms with Crippen molar-refractivity contribution in [1.29, 1.82) is 0 Å². The molecule has 0 radical (unpaired) electrons. The Hall–Kier alpha value is -3.78. The van der Waals surface area contributed by atoms with E-state index in [-0.39, 0.29) is 10.7 Å². The Labute approximate surface area is 168 Å². The molecule has 7 nitrogen and oxygen atoms in total. The summed E-state index contributed by atoms with van der Waals surface area (Å²) in [7, 11) is 0. The van der Waals surface area contributed by atoms with Gasteiger partial charge < -0.3 is 10.1 Å². The molecule has 1 N–H and O–H groups in total. The summed E-state index contributed by atoms with van der Waals surface area (Å²) in [6.45, 7) is 0. The molecule has 1 aromatic heterocycles. The topological polar surface area (TPSA) is 90.2 Å². The average molecular weight is 411 g/mol. The summed E-state index contributed by atoms with van der Waals surface area (Å²) in [5.74, 6) is 0.934. The molecule has 9 heteroatoms. The number of hydrogen-bond acceptors (Lipinski definition) is 6. The normalized spacial score (nSPS) is 10.7.